The Morgan fingerprint density at radius 1 is 1.09 bits per heavy atom. The van der Waals surface area contributed by atoms with Gasteiger partial charge in [0.2, 0.25) is 5.91 Å². The Bertz CT molecular complexity index is 996. The molecule has 2 aromatic rings. The molecule has 1 fully saturated rings. The van der Waals surface area contributed by atoms with Crippen LogP contribution < -0.4 is 10.1 Å². The molecule has 1 N–H and O–H groups in total. The third kappa shape index (κ3) is 5.50. The Morgan fingerprint density at radius 2 is 1.79 bits per heavy atom. The molecule has 0 unspecified atom stereocenters. The molecular weight excluding hydrogens is 424 g/mol. The number of nitrogens with one attached hydrogen (secondary N) is 1. The van der Waals surface area contributed by atoms with Crippen molar-refractivity contribution in [1.82, 2.24) is 0 Å². The second-order valence-electron chi connectivity index (χ2n) is 8.18. The highest BCUT2D eigenvalue weighted by Crippen LogP contribution is 2.42. The average Bonchev–Trinajstić information content (AvgIpc) is 3.31. The van der Waals surface area contributed by atoms with Gasteiger partial charge in [-0.25, -0.2) is 4.79 Å². The lowest BCUT2D eigenvalue weighted by Gasteiger charge is -2.28. The van der Waals surface area contributed by atoms with E-state index in [0.29, 0.717) is 30.9 Å². The van der Waals surface area contributed by atoms with E-state index in [1.807, 2.05) is 0 Å². The van der Waals surface area contributed by atoms with Gasteiger partial charge in [0.05, 0.1) is 23.6 Å². The van der Waals surface area contributed by atoms with Crippen molar-refractivity contribution in [3.8, 4) is 5.75 Å². The number of anilines is 1. The normalized spacial score (nSPS) is 14.5. The third-order valence-corrected chi connectivity index (χ3v) is 6.01. The van der Waals surface area contributed by atoms with E-state index in [0.717, 1.165) is 31.2 Å². The zero-order chi connectivity index (χ0) is 23.8. The summed E-state index contributed by atoms with van der Waals surface area (Å²) in [5, 5.41) is 14.0. The van der Waals surface area contributed by atoms with Gasteiger partial charge in [0.25, 0.3) is 5.69 Å². The van der Waals surface area contributed by atoms with Gasteiger partial charge in [-0.05, 0) is 49.9 Å². The molecule has 0 bridgehead atoms. The standard InChI is InChI=1S/C25H30N2O6/c1-3-5-16-33-22-13-10-19(17-21(22)23(28)32-4-2)26-24(29)25(14-6-7-15-25)18-8-11-20(12-9-18)27(30)31/h8-13,17H,3-7,14-16H2,1-2H3,(H,26,29). The molecule has 1 saturated carbocycles. The van der Waals surface area contributed by atoms with Crippen LogP contribution in [0.1, 0.15) is 68.3 Å². The fraction of sp³-hybridized carbons (Fsp3) is 0.440. The monoisotopic (exact) mass is 454 g/mol. The molecule has 3 rings (SSSR count). The van der Waals surface area contributed by atoms with Crippen LogP contribution >= 0.6 is 0 Å². The first-order chi connectivity index (χ1) is 15.9. The van der Waals surface area contributed by atoms with E-state index in [2.05, 4.69) is 12.2 Å². The zero-order valence-electron chi connectivity index (χ0n) is 19.1. The minimum atomic E-state index is -0.768. The maximum absolute atomic E-state index is 13.5. The Hall–Kier alpha value is -3.42. The summed E-state index contributed by atoms with van der Waals surface area (Å²) in [6, 6.07) is 11.2. The molecule has 33 heavy (non-hydrogen) atoms. The fourth-order valence-electron chi connectivity index (χ4n) is 4.21. The van der Waals surface area contributed by atoms with E-state index in [1.165, 1.54) is 12.1 Å². The molecule has 1 aliphatic carbocycles. The molecule has 0 aromatic heterocycles. The number of hydrogen-bond acceptors (Lipinski definition) is 6. The number of non-ortho nitro benzene ring substituents is 1. The van der Waals surface area contributed by atoms with E-state index in [9.17, 15) is 19.7 Å². The van der Waals surface area contributed by atoms with Gasteiger partial charge in [-0.2, -0.15) is 0 Å². The summed E-state index contributed by atoms with van der Waals surface area (Å²) in [5.74, 6) is -0.278. The smallest absolute Gasteiger partial charge is 0.341 e. The van der Waals surface area contributed by atoms with Crippen LogP contribution in [0.15, 0.2) is 42.5 Å². The SMILES string of the molecule is CCCCOc1ccc(NC(=O)C2(c3ccc([N+](=O)[O-])cc3)CCCC2)cc1C(=O)OCC. The largest absolute Gasteiger partial charge is 0.493 e. The van der Waals surface area contributed by atoms with E-state index >= 15 is 0 Å². The van der Waals surface area contributed by atoms with Crippen LogP contribution in [0.3, 0.4) is 0 Å². The highest BCUT2D eigenvalue weighted by molar-refractivity contribution is 6.01. The number of esters is 1. The molecule has 176 valence electrons. The second-order valence-corrected chi connectivity index (χ2v) is 8.18. The first-order valence-corrected chi connectivity index (χ1v) is 11.4. The van der Waals surface area contributed by atoms with Gasteiger partial charge in [-0.3, -0.25) is 14.9 Å². The maximum Gasteiger partial charge on any atom is 0.341 e. The maximum atomic E-state index is 13.5. The van der Waals surface area contributed by atoms with Gasteiger partial charge in [0.15, 0.2) is 0 Å². The summed E-state index contributed by atoms with van der Waals surface area (Å²) in [6.07, 6.45) is 4.91. The minimum absolute atomic E-state index is 0.00922. The third-order valence-electron chi connectivity index (χ3n) is 6.01. The number of benzene rings is 2. The molecule has 0 radical (unpaired) electrons. The molecule has 1 aliphatic rings. The molecule has 0 atom stereocenters. The van der Waals surface area contributed by atoms with Crippen LogP contribution in [0.25, 0.3) is 0 Å². The van der Waals surface area contributed by atoms with Gasteiger partial charge < -0.3 is 14.8 Å². The van der Waals surface area contributed by atoms with Crippen molar-refractivity contribution < 1.29 is 24.0 Å². The predicted molar refractivity (Wildman–Crippen MR) is 125 cm³/mol. The number of carbonyl (C=O) groups excluding carboxylic acids is 2. The van der Waals surface area contributed by atoms with Crippen molar-refractivity contribution >= 4 is 23.3 Å². The molecule has 2 aromatic carbocycles. The Morgan fingerprint density at radius 3 is 2.39 bits per heavy atom. The molecule has 0 aliphatic heterocycles. The number of nitrogens with zero attached hydrogens (tertiary/aromatic N) is 1. The van der Waals surface area contributed by atoms with Crippen molar-refractivity contribution in [3.63, 3.8) is 0 Å². The Balaban J connectivity index is 1.86. The lowest BCUT2D eigenvalue weighted by molar-refractivity contribution is -0.384. The van der Waals surface area contributed by atoms with Crippen LogP contribution in [0, 0.1) is 10.1 Å². The van der Waals surface area contributed by atoms with E-state index < -0.39 is 16.3 Å². The predicted octanol–water partition coefficient (Wildman–Crippen LogP) is 5.40. The molecule has 8 heteroatoms. The van der Waals surface area contributed by atoms with Crippen LogP contribution in [0.4, 0.5) is 11.4 Å². The van der Waals surface area contributed by atoms with Crippen molar-refractivity contribution in [2.45, 2.75) is 57.8 Å². The highest BCUT2D eigenvalue weighted by Gasteiger charge is 2.43. The summed E-state index contributed by atoms with van der Waals surface area (Å²) in [7, 11) is 0. The van der Waals surface area contributed by atoms with Crippen LogP contribution in [0.5, 0.6) is 5.75 Å². The van der Waals surface area contributed by atoms with Gasteiger partial charge in [0, 0.05) is 17.8 Å². The number of nitro benzene ring substituents is 1. The van der Waals surface area contributed by atoms with Crippen molar-refractivity contribution in [3.05, 3.63) is 63.7 Å². The lowest BCUT2D eigenvalue weighted by atomic mass is 9.78. The average molecular weight is 455 g/mol. The quantitative estimate of drug-likeness (QED) is 0.223. The number of nitro groups is 1. The second kappa shape index (κ2) is 10.9. The van der Waals surface area contributed by atoms with Gasteiger partial charge >= 0.3 is 5.97 Å². The highest BCUT2D eigenvalue weighted by atomic mass is 16.6. The van der Waals surface area contributed by atoms with Gasteiger partial charge in [-0.15, -0.1) is 0 Å². The number of ether oxygens (including phenoxy) is 2. The number of rotatable bonds is 10. The van der Waals surface area contributed by atoms with Gasteiger partial charge in [0.1, 0.15) is 11.3 Å². The number of unbranched alkanes of at least 4 members (excludes halogenated alkanes) is 1. The lowest BCUT2D eigenvalue weighted by Crippen LogP contribution is -2.38. The zero-order valence-corrected chi connectivity index (χ0v) is 19.1. The number of carbonyl (C=O) groups is 2. The summed E-state index contributed by atoms with van der Waals surface area (Å²) in [5.41, 5.74) is 0.717. The Labute approximate surface area is 193 Å². The summed E-state index contributed by atoms with van der Waals surface area (Å²) in [6.45, 7) is 4.50. The first-order valence-electron chi connectivity index (χ1n) is 11.4. The molecule has 0 saturated heterocycles. The first kappa shape index (κ1) is 24.2. The van der Waals surface area contributed by atoms with Crippen LogP contribution in [-0.4, -0.2) is 30.0 Å². The van der Waals surface area contributed by atoms with Crippen LogP contribution in [0.2, 0.25) is 0 Å². The molecule has 1 amide bonds. The fourth-order valence-corrected chi connectivity index (χ4v) is 4.21. The molecule has 0 heterocycles. The Kier molecular flexibility index (Phi) is 8.03. The number of amides is 1. The van der Waals surface area contributed by atoms with E-state index in [1.54, 1.807) is 37.3 Å². The van der Waals surface area contributed by atoms with Crippen molar-refractivity contribution in [2.24, 2.45) is 0 Å². The molecule has 0 spiro atoms. The van der Waals surface area contributed by atoms with E-state index in [-0.39, 0.29) is 23.8 Å². The molecule has 8 nitrogen and oxygen atoms in total. The van der Waals surface area contributed by atoms with Crippen molar-refractivity contribution in [1.29, 1.82) is 0 Å². The number of hydrogen-bond donors (Lipinski definition) is 1. The van der Waals surface area contributed by atoms with Crippen molar-refractivity contribution in [2.75, 3.05) is 18.5 Å². The topological polar surface area (TPSA) is 108 Å². The van der Waals surface area contributed by atoms with Crippen LogP contribution in [-0.2, 0) is 14.9 Å². The summed E-state index contributed by atoms with van der Waals surface area (Å²) < 4.78 is 10.9. The molecular formula is C25H30N2O6. The summed E-state index contributed by atoms with van der Waals surface area (Å²) >= 11 is 0. The minimum Gasteiger partial charge on any atom is -0.493 e. The van der Waals surface area contributed by atoms with E-state index in [4.69, 9.17) is 9.47 Å². The summed E-state index contributed by atoms with van der Waals surface area (Å²) in [4.78, 5) is 36.5. The van der Waals surface area contributed by atoms with Gasteiger partial charge in [-0.1, -0.05) is 38.3 Å².